The van der Waals surface area contributed by atoms with E-state index in [-0.39, 0.29) is 17.8 Å². The third kappa shape index (κ3) is 4.43. The van der Waals surface area contributed by atoms with Crippen LogP contribution in [-0.2, 0) is 13.0 Å². The van der Waals surface area contributed by atoms with Crippen LogP contribution in [0.4, 0.5) is 4.39 Å². The molecule has 0 radical (unpaired) electrons. The zero-order chi connectivity index (χ0) is 16.8. The van der Waals surface area contributed by atoms with Gasteiger partial charge in [-0.15, -0.1) is 0 Å². The molecule has 0 bridgehead atoms. The number of hydrogen-bond donors (Lipinski definition) is 1. The molecule has 0 aliphatic carbocycles. The van der Waals surface area contributed by atoms with E-state index in [1.54, 1.807) is 0 Å². The van der Waals surface area contributed by atoms with Crippen LogP contribution in [0.1, 0.15) is 30.4 Å². The van der Waals surface area contributed by atoms with Gasteiger partial charge in [-0.1, -0.05) is 42.5 Å². The number of piperidine rings is 1. The van der Waals surface area contributed by atoms with Crippen LogP contribution in [0.2, 0.25) is 0 Å². The van der Waals surface area contributed by atoms with Crippen molar-refractivity contribution in [2.75, 3.05) is 19.7 Å². The van der Waals surface area contributed by atoms with Crippen LogP contribution >= 0.6 is 0 Å². The van der Waals surface area contributed by atoms with E-state index >= 15 is 0 Å². The molecule has 1 N–H and O–H groups in total. The Kier molecular flexibility index (Phi) is 5.64. The minimum Gasteiger partial charge on any atom is -0.396 e. The summed E-state index contributed by atoms with van der Waals surface area (Å²) in [5, 5.41) is 10.1. The molecule has 2 aromatic rings. The van der Waals surface area contributed by atoms with Gasteiger partial charge < -0.3 is 5.11 Å². The van der Waals surface area contributed by atoms with Gasteiger partial charge in [0.05, 0.1) is 0 Å². The van der Waals surface area contributed by atoms with E-state index in [0.29, 0.717) is 0 Å². The molecule has 0 spiro atoms. The third-order valence-electron chi connectivity index (χ3n) is 5.18. The molecular weight excluding hydrogens is 301 g/mol. The van der Waals surface area contributed by atoms with Gasteiger partial charge >= 0.3 is 0 Å². The molecule has 128 valence electrons. The number of likely N-dealkylation sites (tertiary alicyclic amines) is 1. The summed E-state index contributed by atoms with van der Waals surface area (Å²) < 4.78 is 13.1. The van der Waals surface area contributed by atoms with Crippen LogP contribution in [0.15, 0.2) is 54.6 Å². The summed E-state index contributed by atoms with van der Waals surface area (Å²) in [6, 6.07) is 17.3. The monoisotopic (exact) mass is 327 g/mol. The summed E-state index contributed by atoms with van der Waals surface area (Å²) in [5.74, 6) is -0.190. The molecular formula is C21H26FNO. The smallest absolute Gasteiger partial charge is 0.123 e. The highest BCUT2D eigenvalue weighted by Crippen LogP contribution is 2.35. The third-order valence-corrected chi connectivity index (χ3v) is 5.18. The molecule has 3 heteroatoms. The average Bonchev–Trinajstić information content (AvgIpc) is 2.63. The van der Waals surface area contributed by atoms with Gasteiger partial charge in [0.2, 0.25) is 0 Å². The van der Waals surface area contributed by atoms with E-state index in [2.05, 4.69) is 29.2 Å². The summed E-state index contributed by atoms with van der Waals surface area (Å²) >= 11 is 0. The lowest BCUT2D eigenvalue weighted by atomic mass is 9.76. The van der Waals surface area contributed by atoms with Crippen molar-refractivity contribution in [3.8, 4) is 0 Å². The Balaban J connectivity index is 1.62. The minimum absolute atomic E-state index is 0.0197. The molecule has 1 heterocycles. The second-order valence-electron chi connectivity index (χ2n) is 7.08. The Morgan fingerprint density at radius 2 is 1.75 bits per heavy atom. The fourth-order valence-electron chi connectivity index (χ4n) is 3.76. The summed E-state index contributed by atoms with van der Waals surface area (Å²) in [6.45, 7) is 3.02. The van der Waals surface area contributed by atoms with E-state index in [4.69, 9.17) is 0 Å². The molecule has 0 aromatic heterocycles. The molecule has 2 nitrogen and oxygen atoms in total. The number of hydrogen-bond acceptors (Lipinski definition) is 2. The highest BCUT2D eigenvalue weighted by Gasteiger charge is 2.34. The Bertz CT molecular complexity index is 628. The lowest BCUT2D eigenvalue weighted by molar-refractivity contribution is 0.0224. The van der Waals surface area contributed by atoms with E-state index in [9.17, 15) is 9.50 Å². The number of rotatable bonds is 6. The van der Waals surface area contributed by atoms with Gasteiger partial charge in [-0.25, -0.2) is 4.39 Å². The molecule has 1 atom stereocenters. The Morgan fingerprint density at radius 3 is 2.46 bits per heavy atom. The minimum atomic E-state index is -0.190. The molecule has 24 heavy (non-hydrogen) atoms. The Hall–Kier alpha value is -1.71. The Labute approximate surface area is 143 Å². The van der Waals surface area contributed by atoms with Crippen molar-refractivity contribution in [2.24, 2.45) is 5.41 Å². The van der Waals surface area contributed by atoms with Crippen molar-refractivity contribution >= 4 is 0 Å². The van der Waals surface area contributed by atoms with Crippen molar-refractivity contribution in [2.45, 2.75) is 32.2 Å². The first-order valence-corrected chi connectivity index (χ1v) is 8.81. The number of halogens is 1. The lowest BCUT2D eigenvalue weighted by Gasteiger charge is -2.42. The zero-order valence-corrected chi connectivity index (χ0v) is 14.1. The lowest BCUT2D eigenvalue weighted by Crippen LogP contribution is -2.45. The SMILES string of the molecule is OC[C@]1(CCc2ccccc2)CCCN(Cc2ccc(F)cc2)C1. The van der Waals surface area contributed by atoms with Crippen LogP contribution < -0.4 is 0 Å². The first kappa shape index (κ1) is 17.1. The average molecular weight is 327 g/mol. The van der Waals surface area contributed by atoms with Crippen LogP contribution in [0, 0.1) is 11.2 Å². The highest BCUT2D eigenvalue weighted by atomic mass is 19.1. The fraction of sp³-hybridized carbons (Fsp3) is 0.429. The second-order valence-corrected chi connectivity index (χ2v) is 7.08. The van der Waals surface area contributed by atoms with Crippen molar-refractivity contribution < 1.29 is 9.50 Å². The zero-order valence-electron chi connectivity index (χ0n) is 14.1. The number of nitrogens with zero attached hydrogens (tertiary/aromatic N) is 1. The van der Waals surface area contributed by atoms with E-state index in [1.807, 2.05) is 18.2 Å². The number of aryl methyl sites for hydroxylation is 1. The molecule has 1 aliphatic rings. The topological polar surface area (TPSA) is 23.5 Å². The van der Waals surface area contributed by atoms with Gasteiger partial charge in [0.25, 0.3) is 0 Å². The summed E-state index contributed by atoms with van der Waals surface area (Å²) in [5.41, 5.74) is 2.45. The van der Waals surface area contributed by atoms with Crippen molar-refractivity contribution in [1.82, 2.24) is 4.90 Å². The van der Waals surface area contributed by atoms with Gasteiger partial charge in [0.1, 0.15) is 5.82 Å². The summed E-state index contributed by atoms with van der Waals surface area (Å²) in [4.78, 5) is 2.40. The van der Waals surface area contributed by atoms with Crippen molar-refractivity contribution in [1.29, 1.82) is 0 Å². The van der Waals surface area contributed by atoms with Crippen LogP contribution in [0.5, 0.6) is 0 Å². The number of aliphatic hydroxyl groups is 1. The van der Waals surface area contributed by atoms with Crippen LogP contribution in [0.25, 0.3) is 0 Å². The predicted octanol–water partition coefficient (Wildman–Crippen LogP) is 4.03. The molecule has 1 aliphatic heterocycles. The second kappa shape index (κ2) is 7.91. The van der Waals surface area contributed by atoms with Crippen molar-refractivity contribution in [3.63, 3.8) is 0 Å². The summed E-state index contributed by atoms with van der Waals surface area (Å²) in [6.07, 6.45) is 4.20. The van der Waals surface area contributed by atoms with E-state index in [0.717, 1.165) is 50.9 Å². The maximum Gasteiger partial charge on any atom is 0.123 e. The van der Waals surface area contributed by atoms with Gasteiger partial charge in [-0.3, -0.25) is 4.90 Å². The maximum atomic E-state index is 13.1. The molecule has 0 saturated carbocycles. The molecule has 2 aromatic carbocycles. The molecule has 1 fully saturated rings. The molecule has 0 amide bonds. The summed E-state index contributed by atoms with van der Waals surface area (Å²) in [7, 11) is 0. The van der Waals surface area contributed by atoms with Gasteiger partial charge in [-0.05, 0) is 55.5 Å². The molecule has 3 rings (SSSR count). The van der Waals surface area contributed by atoms with Crippen LogP contribution in [0.3, 0.4) is 0 Å². The quantitative estimate of drug-likeness (QED) is 0.866. The fourth-order valence-corrected chi connectivity index (χ4v) is 3.76. The first-order chi connectivity index (χ1) is 11.7. The van der Waals surface area contributed by atoms with Crippen molar-refractivity contribution in [3.05, 3.63) is 71.5 Å². The number of benzene rings is 2. The Morgan fingerprint density at radius 1 is 1.00 bits per heavy atom. The predicted molar refractivity (Wildman–Crippen MR) is 95.2 cm³/mol. The van der Waals surface area contributed by atoms with E-state index < -0.39 is 0 Å². The van der Waals surface area contributed by atoms with Gasteiger partial charge in [-0.2, -0.15) is 0 Å². The molecule has 0 unspecified atom stereocenters. The first-order valence-electron chi connectivity index (χ1n) is 8.81. The van der Waals surface area contributed by atoms with Gasteiger partial charge in [0, 0.05) is 25.1 Å². The highest BCUT2D eigenvalue weighted by molar-refractivity contribution is 5.17. The van der Waals surface area contributed by atoms with Crippen LogP contribution in [-0.4, -0.2) is 29.7 Å². The molecule has 1 saturated heterocycles. The van der Waals surface area contributed by atoms with Gasteiger partial charge in [0.15, 0.2) is 0 Å². The standard InChI is InChI=1S/C21H26FNO/c22-20-9-7-19(8-10-20)15-23-14-4-12-21(16-23,17-24)13-11-18-5-2-1-3-6-18/h1-3,5-10,24H,4,11-17H2/t21-/m0/s1. The normalized spacial score (nSPS) is 21.8. The number of aliphatic hydroxyl groups excluding tert-OH is 1. The largest absolute Gasteiger partial charge is 0.396 e. The van der Waals surface area contributed by atoms with E-state index in [1.165, 1.54) is 17.7 Å². The maximum absolute atomic E-state index is 13.1.